The van der Waals surface area contributed by atoms with Gasteiger partial charge in [-0.25, -0.2) is 13.2 Å². The zero-order valence-electron chi connectivity index (χ0n) is 12.9. The molecule has 134 valence electrons. The zero-order chi connectivity index (χ0) is 18.7. The Morgan fingerprint density at radius 2 is 1.96 bits per heavy atom. The third kappa shape index (κ3) is 4.69. The number of sulfone groups is 1. The minimum absolute atomic E-state index is 0.321. The Balaban J connectivity index is 2.43. The van der Waals surface area contributed by atoms with Gasteiger partial charge in [0, 0.05) is 17.8 Å². The van der Waals surface area contributed by atoms with E-state index in [0.717, 1.165) is 12.5 Å². The van der Waals surface area contributed by atoms with Crippen LogP contribution in [-0.2, 0) is 19.4 Å². The second-order valence-corrected chi connectivity index (χ2v) is 6.86. The van der Waals surface area contributed by atoms with Gasteiger partial charge in [-0.1, -0.05) is 18.2 Å². The lowest BCUT2D eigenvalue weighted by molar-refractivity contribution is -0.135. The Bertz CT molecular complexity index is 919. The van der Waals surface area contributed by atoms with Crippen LogP contribution >= 0.6 is 0 Å². The predicted octanol–water partition coefficient (Wildman–Crippen LogP) is 2.64. The van der Waals surface area contributed by atoms with Crippen molar-refractivity contribution in [2.45, 2.75) is 6.18 Å². The number of carbonyl (C=O) groups excluding carboxylic acids is 1. The Morgan fingerprint density at radius 1 is 1.28 bits per heavy atom. The molecule has 6 nitrogen and oxygen atoms in total. The van der Waals surface area contributed by atoms with Gasteiger partial charge in [-0.05, 0) is 12.1 Å². The number of halogens is 3. The first-order valence-electron chi connectivity index (χ1n) is 6.82. The van der Waals surface area contributed by atoms with Crippen LogP contribution in [0.1, 0.15) is 0 Å². The molecule has 0 aliphatic carbocycles. The minimum atomic E-state index is -4.99. The average Bonchev–Trinajstić information content (AvgIpc) is 2.52. The number of pyridine rings is 1. The number of carbonyl (C=O) groups is 1. The molecule has 0 atom stereocenters. The molecule has 0 saturated carbocycles. The van der Waals surface area contributed by atoms with Crippen molar-refractivity contribution >= 4 is 32.4 Å². The molecule has 2 aromatic rings. The number of methoxy groups -OCH3 is 1. The molecular formula is C15H13F3N2O4S. The standard InChI is InChI=1S/C15H13F3N2O4S/c1-24-14(21)12(25(22,23)9-15(16,17)18)8-20-11-6-2-4-10-5-3-7-19-13(10)11/h2-8,20H,9H2,1H3. The summed E-state index contributed by atoms with van der Waals surface area (Å²) in [5, 5.41) is 3.24. The van der Waals surface area contributed by atoms with Gasteiger partial charge in [-0.15, -0.1) is 0 Å². The van der Waals surface area contributed by atoms with Gasteiger partial charge < -0.3 is 10.1 Å². The lowest BCUT2D eigenvalue weighted by atomic mass is 10.2. The number of rotatable bonds is 5. The molecule has 0 saturated heterocycles. The van der Waals surface area contributed by atoms with Crippen LogP contribution in [0.25, 0.3) is 10.9 Å². The van der Waals surface area contributed by atoms with Crippen LogP contribution in [0.2, 0.25) is 0 Å². The average molecular weight is 374 g/mol. The molecule has 25 heavy (non-hydrogen) atoms. The Labute approximate surface area is 141 Å². The SMILES string of the molecule is COC(=O)C(=CNc1cccc2cccnc12)S(=O)(=O)CC(F)(F)F. The van der Waals surface area contributed by atoms with Crippen LogP contribution in [0.3, 0.4) is 0 Å². The fourth-order valence-electron chi connectivity index (χ4n) is 2.03. The van der Waals surface area contributed by atoms with Crippen molar-refractivity contribution in [1.29, 1.82) is 0 Å². The Kier molecular flexibility index (Phi) is 5.31. The van der Waals surface area contributed by atoms with E-state index < -0.39 is 32.6 Å². The molecule has 1 aromatic heterocycles. The first-order chi connectivity index (χ1) is 11.6. The summed E-state index contributed by atoms with van der Waals surface area (Å²) >= 11 is 0. The number of hydrogen-bond acceptors (Lipinski definition) is 6. The van der Waals surface area contributed by atoms with Gasteiger partial charge in [0.05, 0.1) is 18.3 Å². The smallest absolute Gasteiger partial charge is 0.403 e. The van der Waals surface area contributed by atoms with E-state index in [1.165, 1.54) is 12.3 Å². The van der Waals surface area contributed by atoms with Crippen molar-refractivity contribution in [1.82, 2.24) is 4.98 Å². The summed E-state index contributed by atoms with van der Waals surface area (Å²) in [6, 6.07) is 8.37. The van der Waals surface area contributed by atoms with Crippen molar-refractivity contribution < 1.29 is 31.1 Å². The highest BCUT2D eigenvalue weighted by Gasteiger charge is 2.39. The first kappa shape index (κ1) is 18.7. The number of para-hydroxylation sites is 1. The first-order valence-corrected chi connectivity index (χ1v) is 8.47. The third-order valence-electron chi connectivity index (χ3n) is 3.07. The second-order valence-electron chi connectivity index (χ2n) is 4.90. The number of nitrogens with zero attached hydrogens (tertiary/aromatic N) is 1. The fraction of sp³-hybridized carbons (Fsp3) is 0.200. The van der Waals surface area contributed by atoms with E-state index in [4.69, 9.17) is 0 Å². The van der Waals surface area contributed by atoms with E-state index in [1.807, 2.05) is 0 Å². The van der Waals surface area contributed by atoms with Gasteiger partial charge in [-0.3, -0.25) is 4.98 Å². The molecule has 0 aliphatic heterocycles. The van der Waals surface area contributed by atoms with Crippen molar-refractivity contribution in [2.24, 2.45) is 0 Å². The molecule has 0 bridgehead atoms. The number of anilines is 1. The van der Waals surface area contributed by atoms with Crippen LogP contribution in [0.15, 0.2) is 47.6 Å². The van der Waals surface area contributed by atoms with E-state index in [1.54, 1.807) is 24.3 Å². The second kappa shape index (κ2) is 7.09. The zero-order valence-corrected chi connectivity index (χ0v) is 13.7. The molecule has 2 rings (SSSR count). The number of alkyl halides is 3. The summed E-state index contributed by atoms with van der Waals surface area (Å²) in [7, 11) is -4.06. The maximum absolute atomic E-state index is 12.5. The van der Waals surface area contributed by atoms with E-state index in [9.17, 15) is 26.4 Å². The molecule has 1 aromatic carbocycles. The highest BCUT2D eigenvalue weighted by atomic mass is 32.2. The molecule has 0 amide bonds. The summed E-state index contributed by atoms with van der Waals surface area (Å²) in [6.07, 6.45) is -2.82. The molecule has 0 spiro atoms. The highest BCUT2D eigenvalue weighted by molar-refractivity contribution is 7.96. The fourth-order valence-corrected chi connectivity index (χ4v) is 3.20. The van der Waals surface area contributed by atoms with Crippen LogP contribution in [-0.4, -0.2) is 38.4 Å². The third-order valence-corrected chi connectivity index (χ3v) is 4.73. The lowest BCUT2D eigenvalue weighted by Crippen LogP contribution is -2.27. The number of aromatic nitrogens is 1. The molecular weight excluding hydrogens is 361 g/mol. The number of nitrogens with one attached hydrogen (secondary N) is 1. The molecule has 1 heterocycles. The monoisotopic (exact) mass is 374 g/mol. The minimum Gasteiger partial charge on any atom is -0.465 e. The normalized spacial score (nSPS) is 12.9. The van der Waals surface area contributed by atoms with Gasteiger partial charge in [0.2, 0.25) is 0 Å². The predicted molar refractivity (Wildman–Crippen MR) is 85.3 cm³/mol. The van der Waals surface area contributed by atoms with Gasteiger partial charge >= 0.3 is 12.1 Å². The summed E-state index contributed by atoms with van der Waals surface area (Å²) in [6.45, 7) is 0. The topological polar surface area (TPSA) is 85.4 Å². The molecule has 1 N–H and O–H groups in total. The molecule has 0 unspecified atom stereocenters. The summed E-state index contributed by atoms with van der Waals surface area (Å²) in [5.74, 6) is -3.57. The number of fused-ring (bicyclic) bond motifs is 1. The van der Waals surface area contributed by atoms with Crippen molar-refractivity contribution in [3.63, 3.8) is 0 Å². The number of esters is 1. The molecule has 10 heteroatoms. The van der Waals surface area contributed by atoms with Gasteiger partial charge in [0.1, 0.15) is 0 Å². The molecule has 0 aliphatic rings. The summed E-state index contributed by atoms with van der Waals surface area (Å²) < 4.78 is 65.4. The van der Waals surface area contributed by atoms with Crippen molar-refractivity contribution in [3.8, 4) is 0 Å². The highest BCUT2D eigenvalue weighted by Crippen LogP contribution is 2.24. The number of ether oxygens (including phenoxy) is 1. The maximum atomic E-state index is 12.5. The number of hydrogen-bond donors (Lipinski definition) is 1. The van der Waals surface area contributed by atoms with E-state index in [-0.39, 0.29) is 0 Å². The van der Waals surface area contributed by atoms with Crippen LogP contribution in [0, 0.1) is 0 Å². The Morgan fingerprint density at radius 3 is 2.60 bits per heavy atom. The summed E-state index contributed by atoms with van der Waals surface area (Å²) in [4.78, 5) is 14.6. The van der Waals surface area contributed by atoms with Gasteiger partial charge in [0.25, 0.3) is 0 Å². The largest absolute Gasteiger partial charge is 0.465 e. The quantitative estimate of drug-likeness (QED) is 0.640. The maximum Gasteiger partial charge on any atom is 0.403 e. The van der Waals surface area contributed by atoms with Crippen molar-refractivity contribution in [3.05, 3.63) is 47.6 Å². The Hall–Kier alpha value is -2.62. The van der Waals surface area contributed by atoms with E-state index in [2.05, 4.69) is 15.0 Å². The van der Waals surface area contributed by atoms with Crippen LogP contribution in [0.5, 0.6) is 0 Å². The molecule has 0 fully saturated rings. The number of benzene rings is 1. The van der Waals surface area contributed by atoms with E-state index >= 15 is 0 Å². The van der Waals surface area contributed by atoms with Crippen LogP contribution in [0.4, 0.5) is 18.9 Å². The van der Waals surface area contributed by atoms with E-state index in [0.29, 0.717) is 17.4 Å². The molecule has 0 radical (unpaired) electrons. The van der Waals surface area contributed by atoms with Crippen LogP contribution < -0.4 is 5.32 Å². The lowest BCUT2D eigenvalue weighted by Gasteiger charge is -2.11. The van der Waals surface area contributed by atoms with Gasteiger partial charge in [0.15, 0.2) is 20.5 Å². The van der Waals surface area contributed by atoms with Crippen molar-refractivity contribution in [2.75, 3.05) is 18.2 Å². The van der Waals surface area contributed by atoms with Gasteiger partial charge in [-0.2, -0.15) is 13.2 Å². The summed E-state index contributed by atoms with van der Waals surface area (Å²) in [5.41, 5.74) is 0.778.